The molecule has 0 radical (unpaired) electrons. The van der Waals surface area contributed by atoms with Gasteiger partial charge in [-0.05, 0) is 11.6 Å². The van der Waals surface area contributed by atoms with Gasteiger partial charge in [-0.1, -0.05) is 23.9 Å². The molecular weight excluding hydrogens is 212 g/mol. The van der Waals surface area contributed by atoms with E-state index in [1.807, 2.05) is 12.1 Å². The summed E-state index contributed by atoms with van der Waals surface area (Å²) in [5.41, 5.74) is 2.74. The first-order chi connectivity index (χ1) is 7.25. The Kier molecular flexibility index (Phi) is 2.82. The molecule has 1 aromatic carbocycles. The van der Waals surface area contributed by atoms with E-state index in [0.717, 1.165) is 10.5 Å². The lowest BCUT2D eigenvalue weighted by atomic mass is 10.2. The van der Waals surface area contributed by atoms with Gasteiger partial charge in [-0.2, -0.15) is 0 Å². The third kappa shape index (κ3) is 2.44. The van der Waals surface area contributed by atoms with Gasteiger partial charge < -0.3 is 0 Å². The van der Waals surface area contributed by atoms with Gasteiger partial charge in [0.2, 0.25) is 0 Å². The predicted molar refractivity (Wildman–Crippen MR) is 62.0 cm³/mol. The Balaban J connectivity index is 2.25. The number of benzene rings is 1. The fourth-order valence-electron chi connectivity index (χ4n) is 1.26. The maximum atomic E-state index is 10.5. The highest BCUT2D eigenvalue weighted by Gasteiger charge is 2.06. The summed E-state index contributed by atoms with van der Waals surface area (Å²) in [5.74, 6) is 0. The molecule has 0 N–H and O–H groups in total. The van der Waals surface area contributed by atoms with Crippen LogP contribution in [-0.2, 0) is 0 Å². The summed E-state index contributed by atoms with van der Waals surface area (Å²) in [7, 11) is 0. The fourth-order valence-corrected chi connectivity index (χ4v) is 1.90. The van der Waals surface area contributed by atoms with E-state index in [2.05, 4.69) is 4.99 Å². The van der Waals surface area contributed by atoms with Crippen LogP contribution in [0.5, 0.6) is 0 Å². The minimum absolute atomic E-state index is 0.119. The van der Waals surface area contributed by atoms with Crippen LogP contribution in [-0.4, -0.2) is 17.0 Å². The molecular formula is C10H8N2O2S. The SMILES string of the molecule is O=[N+]([O-])c1cccc(C=C2CN=CS2)c1. The second-order valence-corrected chi connectivity index (χ2v) is 4.00. The average Bonchev–Trinajstić information content (AvgIpc) is 2.71. The highest BCUT2D eigenvalue weighted by molar-refractivity contribution is 8.15. The smallest absolute Gasteiger partial charge is 0.270 e. The number of rotatable bonds is 2. The Bertz CT molecular complexity index is 444. The number of nitrogens with zero attached hydrogens (tertiary/aromatic N) is 2. The van der Waals surface area contributed by atoms with Crippen LogP contribution in [0.1, 0.15) is 5.56 Å². The zero-order chi connectivity index (χ0) is 10.7. The topological polar surface area (TPSA) is 55.5 Å². The summed E-state index contributed by atoms with van der Waals surface area (Å²) in [4.78, 5) is 15.3. The van der Waals surface area contributed by atoms with E-state index in [-0.39, 0.29) is 10.6 Å². The van der Waals surface area contributed by atoms with Crippen LogP contribution in [0.15, 0.2) is 34.2 Å². The van der Waals surface area contributed by atoms with E-state index >= 15 is 0 Å². The predicted octanol–water partition coefficient (Wildman–Crippen LogP) is 2.71. The summed E-state index contributed by atoms with van der Waals surface area (Å²) in [6.45, 7) is 0.674. The molecule has 1 heterocycles. The van der Waals surface area contributed by atoms with Crippen LogP contribution in [0.25, 0.3) is 6.08 Å². The van der Waals surface area contributed by atoms with Crippen molar-refractivity contribution in [3.8, 4) is 0 Å². The molecule has 0 bridgehead atoms. The molecule has 0 aromatic heterocycles. The molecule has 2 rings (SSSR count). The summed E-state index contributed by atoms with van der Waals surface area (Å²) in [5, 5.41) is 10.5. The molecule has 1 aliphatic heterocycles. The second kappa shape index (κ2) is 4.27. The number of thioether (sulfide) groups is 1. The molecule has 0 atom stereocenters. The van der Waals surface area contributed by atoms with Crippen LogP contribution in [0.2, 0.25) is 0 Å². The van der Waals surface area contributed by atoms with Crippen LogP contribution >= 0.6 is 11.8 Å². The minimum Gasteiger partial charge on any atom is -0.281 e. The molecule has 0 fully saturated rings. The van der Waals surface area contributed by atoms with Crippen molar-refractivity contribution in [2.45, 2.75) is 0 Å². The van der Waals surface area contributed by atoms with E-state index in [1.54, 1.807) is 29.4 Å². The number of nitro groups is 1. The lowest BCUT2D eigenvalue weighted by Gasteiger charge is -1.96. The maximum Gasteiger partial charge on any atom is 0.270 e. The molecule has 15 heavy (non-hydrogen) atoms. The van der Waals surface area contributed by atoms with E-state index in [4.69, 9.17) is 0 Å². The number of non-ortho nitro benzene ring substituents is 1. The van der Waals surface area contributed by atoms with E-state index in [1.165, 1.54) is 6.07 Å². The van der Waals surface area contributed by atoms with Crippen LogP contribution < -0.4 is 0 Å². The lowest BCUT2D eigenvalue weighted by Crippen LogP contribution is -1.87. The Morgan fingerprint density at radius 3 is 3.07 bits per heavy atom. The zero-order valence-corrected chi connectivity index (χ0v) is 8.61. The summed E-state index contributed by atoms with van der Waals surface area (Å²) in [6.07, 6.45) is 1.92. The molecule has 0 saturated carbocycles. The lowest BCUT2D eigenvalue weighted by molar-refractivity contribution is -0.384. The third-order valence-corrected chi connectivity index (χ3v) is 2.74. The normalized spacial score (nSPS) is 17.2. The van der Waals surface area contributed by atoms with E-state index < -0.39 is 0 Å². The standard InChI is InChI=1S/C10H8N2O2S/c13-12(14)9-3-1-2-8(4-9)5-10-6-11-7-15-10/h1-5,7H,6H2. The molecule has 0 unspecified atom stereocenters. The molecule has 4 nitrogen and oxygen atoms in total. The van der Waals surface area contributed by atoms with Gasteiger partial charge >= 0.3 is 0 Å². The van der Waals surface area contributed by atoms with Crippen molar-refractivity contribution >= 4 is 29.1 Å². The first kappa shape index (κ1) is 9.92. The molecule has 1 aromatic rings. The van der Waals surface area contributed by atoms with Gasteiger partial charge in [-0.3, -0.25) is 15.1 Å². The second-order valence-electron chi connectivity index (χ2n) is 3.03. The molecule has 0 saturated heterocycles. The Morgan fingerprint density at radius 1 is 1.53 bits per heavy atom. The van der Waals surface area contributed by atoms with Gasteiger partial charge in [0.25, 0.3) is 5.69 Å². The van der Waals surface area contributed by atoms with E-state index in [9.17, 15) is 10.1 Å². The average molecular weight is 220 g/mol. The first-order valence-corrected chi connectivity index (χ1v) is 5.23. The largest absolute Gasteiger partial charge is 0.281 e. The van der Waals surface area contributed by atoms with Gasteiger partial charge in [0.1, 0.15) is 0 Å². The number of nitro benzene ring substituents is 1. The van der Waals surface area contributed by atoms with Crippen LogP contribution in [0, 0.1) is 10.1 Å². The Morgan fingerprint density at radius 2 is 2.40 bits per heavy atom. The maximum absolute atomic E-state index is 10.5. The van der Waals surface area contributed by atoms with Gasteiger partial charge in [-0.25, -0.2) is 0 Å². The van der Waals surface area contributed by atoms with Gasteiger partial charge in [0.05, 0.1) is 17.0 Å². The van der Waals surface area contributed by atoms with Gasteiger partial charge in [-0.15, -0.1) is 0 Å². The van der Waals surface area contributed by atoms with Crippen molar-refractivity contribution in [3.63, 3.8) is 0 Å². The van der Waals surface area contributed by atoms with Crippen molar-refractivity contribution in [3.05, 3.63) is 44.8 Å². The minimum atomic E-state index is -0.389. The molecule has 0 spiro atoms. The molecule has 0 aliphatic carbocycles. The Hall–Kier alpha value is -1.62. The fraction of sp³-hybridized carbons (Fsp3) is 0.100. The zero-order valence-electron chi connectivity index (χ0n) is 7.79. The summed E-state index contributed by atoms with van der Waals surface area (Å²) >= 11 is 1.55. The quantitative estimate of drug-likeness (QED) is 0.568. The number of hydrogen-bond donors (Lipinski definition) is 0. The van der Waals surface area contributed by atoms with Crippen molar-refractivity contribution in [2.75, 3.05) is 6.54 Å². The Labute approximate surface area is 90.9 Å². The number of aliphatic imine (C=N–C) groups is 1. The monoisotopic (exact) mass is 220 g/mol. The molecule has 5 heteroatoms. The van der Waals surface area contributed by atoms with Crippen molar-refractivity contribution in [2.24, 2.45) is 4.99 Å². The first-order valence-electron chi connectivity index (χ1n) is 4.36. The van der Waals surface area contributed by atoms with Gasteiger partial charge in [0.15, 0.2) is 0 Å². The van der Waals surface area contributed by atoms with Crippen molar-refractivity contribution < 1.29 is 4.92 Å². The summed E-state index contributed by atoms with van der Waals surface area (Å²) in [6, 6.07) is 6.58. The highest BCUT2D eigenvalue weighted by Crippen LogP contribution is 2.23. The van der Waals surface area contributed by atoms with E-state index in [0.29, 0.717) is 6.54 Å². The molecule has 1 aliphatic rings. The number of hydrogen-bond acceptors (Lipinski definition) is 4. The van der Waals surface area contributed by atoms with Crippen LogP contribution in [0.4, 0.5) is 5.69 Å². The van der Waals surface area contributed by atoms with Crippen molar-refractivity contribution in [1.29, 1.82) is 0 Å². The third-order valence-electron chi connectivity index (χ3n) is 1.93. The highest BCUT2D eigenvalue weighted by atomic mass is 32.2. The van der Waals surface area contributed by atoms with Crippen LogP contribution in [0.3, 0.4) is 0 Å². The summed E-state index contributed by atoms with van der Waals surface area (Å²) < 4.78 is 0. The van der Waals surface area contributed by atoms with Gasteiger partial charge in [0, 0.05) is 17.0 Å². The molecule has 76 valence electrons. The van der Waals surface area contributed by atoms with Crippen molar-refractivity contribution in [1.82, 2.24) is 0 Å². The molecule has 0 amide bonds.